The Balaban J connectivity index is 1.47. The van der Waals surface area contributed by atoms with Crippen molar-refractivity contribution >= 4 is 40.4 Å². The highest BCUT2D eigenvalue weighted by Crippen LogP contribution is 2.33. The number of halogens is 1. The average molecular weight is 553 g/mol. The topological polar surface area (TPSA) is 87.7 Å². The summed E-state index contributed by atoms with van der Waals surface area (Å²) >= 11 is 2.26. The number of imide groups is 1. The molecule has 5 rings (SSSR count). The largest absolute Gasteiger partial charge is 0.497 e. The molecule has 4 amide bonds. The standard InChI is InChI=1S/C25H20IN3O4/c1-33-20-11-6-17-13-29(22(30)21(17)12-20)14-25(23(31)27-24(32)28-25)18-7-2-15(3-8-18)16-4-9-19(26)10-5-16/h2-12H,13-14H2,1H3,(H2,27,28,31,32)/t25-/m0/s1. The lowest BCUT2D eigenvalue weighted by Crippen LogP contribution is -2.52. The highest BCUT2D eigenvalue weighted by Gasteiger charge is 2.50. The third-order valence-corrected chi connectivity index (χ3v) is 6.84. The molecule has 0 radical (unpaired) electrons. The molecule has 0 aromatic heterocycles. The van der Waals surface area contributed by atoms with Gasteiger partial charge in [0, 0.05) is 15.7 Å². The molecule has 3 aromatic rings. The summed E-state index contributed by atoms with van der Waals surface area (Å²) in [6.07, 6.45) is 0. The maximum Gasteiger partial charge on any atom is 0.322 e. The van der Waals surface area contributed by atoms with Gasteiger partial charge in [0.2, 0.25) is 0 Å². The van der Waals surface area contributed by atoms with E-state index in [4.69, 9.17) is 4.74 Å². The molecule has 0 aliphatic carbocycles. The number of hydrogen-bond acceptors (Lipinski definition) is 4. The van der Waals surface area contributed by atoms with E-state index in [9.17, 15) is 14.4 Å². The summed E-state index contributed by atoms with van der Waals surface area (Å²) in [5.74, 6) is -0.0830. The van der Waals surface area contributed by atoms with E-state index in [-0.39, 0.29) is 12.5 Å². The van der Waals surface area contributed by atoms with Crippen LogP contribution in [0.5, 0.6) is 5.75 Å². The van der Waals surface area contributed by atoms with Gasteiger partial charge in [0.05, 0.1) is 13.7 Å². The molecular weight excluding hydrogens is 533 g/mol. The van der Waals surface area contributed by atoms with Crippen LogP contribution < -0.4 is 15.4 Å². The second kappa shape index (κ2) is 8.18. The number of methoxy groups -OCH3 is 1. The Hall–Kier alpha value is -3.40. The van der Waals surface area contributed by atoms with Gasteiger partial charge in [-0.05, 0) is 69.1 Å². The Labute approximate surface area is 204 Å². The molecule has 2 N–H and O–H groups in total. The van der Waals surface area contributed by atoms with Crippen molar-refractivity contribution < 1.29 is 19.1 Å². The van der Waals surface area contributed by atoms with Gasteiger partial charge in [-0.3, -0.25) is 14.9 Å². The third kappa shape index (κ3) is 3.74. The Morgan fingerprint density at radius 1 is 0.970 bits per heavy atom. The van der Waals surface area contributed by atoms with Crippen molar-refractivity contribution in [3.8, 4) is 16.9 Å². The monoisotopic (exact) mass is 553 g/mol. The van der Waals surface area contributed by atoms with Crippen molar-refractivity contribution in [3.63, 3.8) is 0 Å². The van der Waals surface area contributed by atoms with Crippen LogP contribution in [0.15, 0.2) is 66.7 Å². The maximum atomic E-state index is 13.1. The van der Waals surface area contributed by atoms with E-state index in [0.29, 0.717) is 23.4 Å². The van der Waals surface area contributed by atoms with Crippen molar-refractivity contribution in [3.05, 3.63) is 87.0 Å². The van der Waals surface area contributed by atoms with Crippen molar-refractivity contribution in [1.29, 1.82) is 0 Å². The summed E-state index contributed by atoms with van der Waals surface area (Å²) in [5, 5.41) is 5.12. The molecule has 1 atom stereocenters. The van der Waals surface area contributed by atoms with Crippen molar-refractivity contribution in [1.82, 2.24) is 15.5 Å². The van der Waals surface area contributed by atoms with Gasteiger partial charge in [0.1, 0.15) is 5.75 Å². The van der Waals surface area contributed by atoms with E-state index < -0.39 is 17.5 Å². The highest BCUT2D eigenvalue weighted by atomic mass is 127. The van der Waals surface area contributed by atoms with Crippen LogP contribution in [0.25, 0.3) is 11.1 Å². The molecule has 0 bridgehead atoms. The lowest BCUT2D eigenvalue weighted by atomic mass is 9.88. The number of rotatable bonds is 5. The summed E-state index contributed by atoms with van der Waals surface area (Å²) in [6, 6.07) is 20.4. The fourth-order valence-electron chi connectivity index (χ4n) is 4.37. The zero-order chi connectivity index (χ0) is 23.2. The second-order valence-corrected chi connectivity index (χ2v) is 9.33. The number of nitrogens with zero attached hydrogens (tertiary/aromatic N) is 1. The van der Waals surface area contributed by atoms with E-state index in [1.54, 1.807) is 24.1 Å². The Morgan fingerprint density at radius 3 is 2.24 bits per heavy atom. The Bertz CT molecular complexity index is 1270. The number of hydrogen-bond donors (Lipinski definition) is 2. The van der Waals surface area contributed by atoms with Gasteiger partial charge in [0.25, 0.3) is 11.8 Å². The first-order chi connectivity index (χ1) is 15.9. The molecule has 2 aliphatic heterocycles. The zero-order valence-corrected chi connectivity index (χ0v) is 19.9. The summed E-state index contributed by atoms with van der Waals surface area (Å²) in [7, 11) is 1.55. The third-order valence-electron chi connectivity index (χ3n) is 6.12. The fourth-order valence-corrected chi connectivity index (χ4v) is 4.73. The minimum absolute atomic E-state index is 0.0171. The highest BCUT2D eigenvalue weighted by molar-refractivity contribution is 14.1. The smallest absolute Gasteiger partial charge is 0.322 e. The first-order valence-electron chi connectivity index (χ1n) is 10.4. The molecule has 7 nitrogen and oxygen atoms in total. The number of nitrogens with one attached hydrogen (secondary N) is 2. The maximum absolute atomic E-state index is 13.1. The number of benzene rings is 3. The summed E-state index contributed by atoms with van der Waals surface area (Å²) in [4.78, 5) is 39.9. The molecule has 0 saturated carbocycles. The van der Waals surface area contributed by atoms with Gasteiger partial charge in [0.15, 0.2) is 5.54 Å². The number of ether oxygens (including phenoxy) is 1. The van der Waals surface area contributed by atoms with Gasteiger partial charge in [-0.1, -0.05) is 42.5 Å². The summed E-state index contributed by atoms with van der Waals surface area (Å²) in [6.45, 7) is 0.368. The van der Waals surface area contributed by atoms with Gasteiger partial charge >= 0.3 is 6.03 Å². The first kappa shape index (κ1) is 21.4. The molecule has 3 aromatic carbocycles. The SMILES string of the molecule is COc1ccc2c(c1)C(=O)N(C[C@@]1(c3ccc(-c4ccc(I)cc4)cc3)NC(=O)NC1=O)C2. The van der Waals surface area contributed by atoms with Gasteiger partial charge in [-0.15, -0.1) is 0 Å². The predicted octanol–water partition coefficient (Wildman–Crippen LogP) is 3.66. The van der Waals surface area contributed by atoms with Crippen molar-refractivity contribution in [2.24, 2.45) is 0 Å². The Morgan fingerprint density at radius 2 is 1.64 bits per heavy atom. The van der Waals surface area contributed by atoms with Crippen LogP contribution in [0.2, 0.25) is 0 Å². The van der Waals surface area contributed by atoms with Gasteiger partial charge in [-0.25, -0.2) is 4.79 Å². The molecule has 8 heteroatoms. The van der Waals surface area contributed by atoms with Crippen LogP contribution >= 0.6 is 22.6 Å². The number of carbonyl (C=O) groups is 3. The van der Waals surface area contributed by atoms with Gasteiger partial charge < -0.3 is 15.0 Å². The first-order valence-corrected chi connectivity index (χ1v) is 11.4. The molecule has 33 heavy (non-hydrogen) atoms. The molecule has 166 valence electrons. The van der Waals surface area contributed by atoms with Crippen molar-refractivity contribution in [2.75, 3.05) is 13.7 Å². The van der Waals surface area contributed by atoms with Gasteiger partial charge in [-0.2, -0.15) is 0 Å². The minimum Gasteiger partial charge on any atom is -0.497 e. The lowest BCUT2D eigenvalue weighted by molar-refractivity contribution is -0.124. The van der Waals surface area contributed by atoms with Crippen LogP contribution in [-0.2, 0) is 16.9 Å². The zero-order valence-electron chi connectivity index (χ0n) is 17.7. The normalized spacial score (nSPS) is 19.3. The van der Waals surface area contributed by atoms with Crippen LogP contribution in [0.1, 0.15) is 21.5 Å². The van der Waals surface area contributed by atoms with E-state index in [0.717, 1.165) is 20.3 Å². The predicted molar refractivity (Wildman–Crippen MR) is 131 cm³/mol. The Kier molecular flexibility index (Phi) is 5.32. The van der Waals surface area contributed by atoms with E-state index in [2.05, 4.69) is 33.2 Å². The van der Waals surface area contributed by atoms with E-state index >= 15 is 0 Å². The summed E-state index contributed by atoms with van der Waals surface area (Å²) in [5.41, 5.74) is 2.69. The molecule has 0 spiro atoms. The quantitative estimate of drug-likeness (QED) is 0.373. The van der Waals surface area contributed by atoms with Crippen LogP contribution in [0.4, 0.5) is 4.79 Å². The van der Waals surface area contributed by atoms with E-state index in [1.807, 2.05) is 54.6 Å². The molecular formula is C25H20IN3O4. The molecule has 2 aliphatic rings. The number of fused-ring (bicyclic) bond motifs is 1. The van der Waals surface area contributed by atoms with Crippen LogP contribution in [0, 0.1) is 3.57 Å². The lowest BCUT2D eigenvalue weighted by Gasteiger charge is -2.31. The number of urea groups is 1. The molecule has 2 heterocycles. The minimum atomic E-state index is -1.37. The number of carbonyl (C=O) groups excluding carboxylic acids is 3. The second-order valence-electron chi connectivity index (χ2n) is 8.08. The molecule has 1 fully saturated rings. The van der Waals surface area contributed by atoms with Crippen LogP contribution in [0.3, 0.4) is 0 Å². The van der Waals surface area contributed by atoms with E-state index in [1.165, 1.54) is 0 Å². The molecule has 1 saturated heterocycles. The molecule has 0 unspecified atom stereocenters. The summed E-state index contributed by atoms with van der Waals surface area (Å²) < 4.78 is 6.38. The number of amides is 4. The van der Waals surface area contributed by atoms with Crippen LogP contribution in [-0.4, -0.2) is 36.4 Å². The van der Waals surface area contributed by atoms with Crippen molar-refractivity contribution in [2.45, 2.75) is 12.1 Å². The fraction of sp³-hybridized carbons (Fsp3) is 0.160. The average Bonchev–Trinajstić information content (AvgIpc) is 3.29.